The largest absolute Gasteiger partial charge is 0.508 e. The van der Waals surface area contributed by atoms with Crippen molar-refractivity contribution in [3.8, 4) is 11.5 Å². The maximum atomic E-state index is 12.1. The number of phenols is 1. The van der Waals surface area contributed by atoms with E-state index in [0.717, 1.165) is 11.1 Å². The molecule has 0 saturated heterocycles. The summed E-state index contributed by atoms with van der Waals surface area (Å²) >= 11 is 0. The van der Waals surface area contributed by atoms with E-state index in [1.165, 1.54) is 6.08 Å². The van der Waals surface area contributed by atoms with Crippen molar-refractivity contribution in [1.29, 1.82) is 0 Å². The van der Waals surface area contributed by atoms with Crippen molar-refractivity contribution >= 4 is 11.9 Å². The average Bonchev–Trinajstić information content (AvgIpc) is 2.54. The Hall–Kier alpha value is -2.59. The fourth-order valence-corrected chi connectivity index (χ4v) is 2.18. The van der Waals surface area contributed by atoms with Crippen LogP contribution in [0.15, 0.2) is 48.5 Å². The van der Waals surface area contributed by atoms with E-state index in [1.54, 1.807) is 43.5 Å². The van der Waals surface area contributed by atoms with Gasteiger partial charge in [0.2, 0.25) is 0 Å². The maximum Gasteiger partial charge on any atom is 0.185 e. The van der Waals surface area contributed by atoms with E-state index in [2.05, 4.69) is 0 Å². The van der Waals surface area contributed by atoms with Gasteiger partial charge in [0.05, 0.1) is 7.11 Å². The Balaban J connectivity index is 2.09. The molecule has 1 N–H and O–H groups in total. The summed E-state index contributed by atoms with van der Waals surface area (Å²) in [6, 6.07) is 12.4. The topological polar surface area (TPSA) is 49.8 Å². The minimum absolute atomic E-state index is 0.0930. The van der Waals surface area contributed by atoms with Crippen LogP contribution in [0.3, 0.4) is 0 Å². The van der Waals surface area contributed by atoms with Crippen LogP contribution in [0.4, 0.5) is 0 Å². The standard InChI is InChI=1S/C19H21NO3/c1-20(2)13-16-6-4-14(12-19(16)22)5-11-18(21)15-7-9-17(23-3)10-8-15/h4-12,22H,13H2,1-3H3/b11-5+. The van der Waals surface area contributed by atoms with Crippen LogP contribution >= 0.6 is 0 Å². The fourth-order valence-electron chi connectivity index (χ4n) is 2.18. The third-order valence-corrected chi connectivity index (χ3v) is 3.40. The van der Waals surface area contributed by atoms with Crippen LogP contribution in [0.1, 0.15) is 21.5 Å². The molecule has 2 aromatic rings. The molecule has 0 unspecified atom stereocenters. The summed E-state index contributed by atoms with van der Waals surface area (Å²) in [5.41, 5.74) is 2.23. The smallest absolute Gasteiger partial charge is 0.185 e. The number of benzene rings is 2. The van der Waals surface area contributed by atoms with Crippen molar-refractivity contribution in [2.75, 3.05) is 21.2 Å². The molecule has 0 amide bonds. The van der Waals surface area contributed by atoms with Gasteiger partial charge < -0.3 is 14.7 Å². The zero-order valence-electron chi connectivity index (χ0n) is 13.6. The number of ether oxygens (including phenoxy) is 1. The molecule has 2 aromatic carbocycles. The third kappa shape index (κ3) is 4.69. The van der Waals surface area contributed by atoms with Gasteiger partial charge in [-0.3, -0.25) is 4.79 Å². The molecule has 0 saturated carbocycles. The summed E-state index contributed by atoms with van der Waals surface area (Å²) in [6.45, 7) is 0.667. The van der Waals surface area contributed by atoms with Crippen molar-refractivity contribution in [1.82, 2.24) is 4.90 Å². The normalized spacial score (nSPS) is 11.1. The summed E-state index contributed by atoms with van der Waals surface area (Å²) in [5.74, 6) is 0.856. The minimum atomic E-state index is -0.0930. The zero-order valence-corrected chi connectivity index (χ0v) is 13.6. The quantitative estimate of drug-likeness (QED) is 0.656. The Labute approximate surface area is 136 Å². The Morgan fingerprint density at radius 3 is 2.43 bits per heavy atom. The van der Waals surface area contributed by atoms with Gasteiger partial charge in [-0.2, -0.15) is 0 Å². The second-order valence-electron chi connectivity index (χ2n) is 5.55. The number of carbonyl (C=O) groups is 1. The molecule has 0 aliphatic rings. The molecular weight excluding hydrogens is 290 g/mol. The summed E-state index contributed by atoms with van der Waals surface area (Å²) in [7, 11) is 5.48. The van der Waals surface area contributed by atoms with Gasteiger partial charge in [0, 0.05) is 17.7 Å². The van der Waals surface area contributed by atoms with Crippen LogP contribution in [0, 0.1) is 0 Å². The zero-order chi connectivity index (χ0) is 16.8. The minimum Gasteiger partial charge on any atom is -0.508 e. The van der Waals surface area contributed by atoms with Crippen LogP contribution < -0.4 is 4.74 Å². The molecule has 4 nitrogen and oxygen atoms in total. The first-order chi connectivity index (χ1) is 11.0. The molecule has 0 aliphatic heterocycles. The first kappa shape index (κ1) is 16.8. The first-order valence-corrected chi connectivity index (χ1v) is 7.32. The lowest BCUT2D eigenvalue weighted by Gasteiger charge is -2.11. The van der Waals surface area contributed by atoms with Crippen LogP contribution in [0.25, 0.3) is 6.08 Å². The number of aromatic hydroxyl groups is 1. The van der Waals surface area contributed by atoms with Gasteiger partial charge in [-0.15, -0.1) is 0 Å². The second kappa shape index (κ2) is 7.61. The molecule has 0 atom stereocenters. The van der Waals surface area contributed by atoms with E-state index in [-0.39, 0.29) is 11.5 Å². The van der Waals surface area contributed by atoms with Gasteiger partial charge >= 0.3 is 0 Å². The molecule has 4 heteroatoms. The lowest BCUT2D eigenvalue weighted by Crippen LogP contribution is -2.10. The van der Waals surface area contributed by atoms with E-state index in [0.29, 0.717) is 17.9 Å². The van der Waals surface area contributed by atoms with Crippen LogP contribution in [0.2, 0.25) is 0 Å². The monoisotopic (exact) mass is 311 g/mol. The van der Waals surface area contributed by atoms with Crippen molar-refractivity contribution in [3.63, 3.8) is 0 Å². The molecule has 0 aliphatic carbocycles. The highest BCUT2D eigenvalue weighted by Gasteiger charge is 2.04. The predicted molar refractivity (Wildman–Crippen MR) is 91.9 cm³/mol. The van der Waals surface area contributed by atoms with Gasteiger partial charge in [-0.1, -0.05) is 18.2 Å². The number of hydrogen-bond donors (Lipinski definition) is 1. The summed E-state index contributed by atoms with van der Waals surface area (Å²) < 4.78 is 5.07. The molecule has 23 heavy (non-hydrogen) atoms. The number of phenolic OH excluding ortho intramolecular Hbond substituents is 1. The molecule has 0 aromatic heterocycles. The van der Waals surface area contributed by atoms with Gasteiger partial charge in [-0.05, 0) is 56.1 Å². The van der Waals surface area contributed by atoms with E-state index in [9.17, 15) is 9.90 Å². The summed E-state index contributed by atoms with van der Waals surface area (Å²) in [5, 5.41) is 10.0. The SMILES string of the molecule is COc1ccc(C(=O)/C=C/c2ccc(CN(C)C)c(O)c2)cc1. The fraction of sp³-hybridized carbons (Fsp3) is 0.211. The van der Waals surface area contributed by atoms with Gasteiger partial charge in [0.1, 0.15) is 11.5 Å². The first-order valence-electron chi connectivity index (χ1n) is 7.32. The Morgan fingerprint density at radius 1 is 1.17 bits per heavy atom. The van der Waals surface area contributed by atoms with Gasteiger partial charge in [-0.25, -0.2) is 0 Å². The number of ketones is 1. The maximum absolute atomic E-state index is 12.1. The molecule has 120 valence electrons. The molecule has 2 rings (SSSR count). The van der Waals surface area contributed by atoms with E-state index in [4.69, 9.17) is 4.74 Å². The molecular formula is C19H21NO3. The van der Waals surface area contributed by atoms with Crippen LogP contribution in [0.5, 0.6) is 11.5 Å². The Morgan fingerprint density at radius 2 is 1.87 bits per heavy atom. The molecule has 0 spiro atoms. The Bertz CT molecular complexity index is 703. The van der Waals surface area contributed by atoms with Crippen LogP contribution in [-0.4, -0.2) is 37.0 Å². The third-order valence-electron chi connectivity index (χ3n) is 3.40. The highest BCUT2D eigenvalue weighted by Crippen LogP contribution is 2.21. The van der Waals surface area contributed by atoms with Gasteiger partial charge in [0.25, 0.3) is 0 Å². The number of carbonyl (C=O) groups excluding carboxylic acids is 1. The second-order valence-corrected chi connectivity index (χ2v) is 5.55. The predicted octanol–water partition coefficient (Wildman–Crippen LogP) is 3.36. The average molecular weight is 311 g/mol. The van der Waals surface area contributed by atoms with Crippen molar-refractivity contribution in [2.24, 2.45) is 0 Å². The van der Waals surface area contributed by atoms with E-state index >= 15 is 0 Å². The highest BCUT2D eigenvalue weighted by molar-refractivity contribution is 6.06. The van der Waals surface area contributed by atoms with Crippen molar-refractivity contribution < 1.29 is 14.6 Å². The summed E-state index contributed by atoms with van der Waals surface area (Å²) in [6.07, 6.45) is 3.20. The molecule has 0 fully saturated rings. The highest BCUT2D eigenvalue weighted by atomic mass is 16.5. The molecule has 0 heterocycles. The number of allylic oxidation sites excluding steroid dienone is 1. The number of methoxy groups -OCH3 is 1. The molecule has 0 bridgehead atoms. The number of nitrogens with zero attached hydrogens (tertiary/aromatic N) is 1. The van der Waals surface area contributed by atoms with E-state index < -0.39 is 0 Å². The lowest BCUT2D eigenvalue weighted by molar-refractivity contribution is 0.104. The van der Waals surface area contributed by atoms with Crippen LogP contribution in [-0.2, 0) is 6.54 Å². The Kier molecular flexibility index (Phi) is 5.55. The lowest BCUT2D eigenvalue weighted by atomic mass is 10.1. The number of hydrogen-bond acceptors (Lipinski definition) is 4. The van der Waals surface area contributed by atoms with Crippen molar-refractivity contribution in [2.45, 2.75) is 6.54 Å². The molecule has 0 radical (unpaired) electrons. The van der Waals surface area contributed by atoms with Crippen molar-refractivity contribution in [3.05, 3.63) is 65.2 Å². The van der Waals surface area contributed by atoms with Gasteiger partial charge in [0.15, 0.2) is 5.78 Å². The summed E-state index contributed by atoms with van der Waals surface area (Å²) in [4.78, 5) is 14.1. The van der Waals surface area contributed by atoms with E-state index in [1.807, 2.05) is 31.1 Å². The number of rotatable bonds is 6.